The lowest BCUT2D eigenvalue weighted by atomic mass is 10.0. The molecule has 1 aliphatic rings. The molecule has 0 spiro atoms. The van der Waals surface area contributed by atoms with Gasteiger partial charge in [-0.05, 0) is 70.8 Å². The highest BCUT2D eigenvalue weighted by atomic mass is 19.4. The second kappa shape index (κ2) is 6.97. The topological polar surface area (TPSA) is 44.1 Å². The van der Waals surface area contributed by atoms with Crippen molar-refractivity contribution >= 4 is 33.3 Å². The number of allylic oxidation sites excluding steroid dienone is 1. The number of halogens is 3. The van der Waals surface area contributed by atoms with Crippen LogP contribution in [-0.2, 0) is 12.7 Å². The molecular formula is C24H17F3N2O2. The molecule has 1 aromatic heterocycles. The Morgan fingerprint density at radius 2 is 1.81 bits per heavy atom. The molecule has 0 aliphatic carbocycles. The monoisotopic (exact) mass is 422 g/mol. The number of hydrogen-bond donors (Lipinski definition) is 0. The summed E-state index contributed by atoms with van der Waals surface area (Å²) in [6.07, 6.45) is -1.96. The van der Waals surface area contributed by atoms with Crippen molar-refractivity contribution in [2.75, 3.05) is 7.11 Å². The first-order chi connectivity index (χ1) is 14.8. The minimum atomic E-state index is -4.49. The largest absolute Gasteiger partial charge is 0.497 e. The summed E-state index contributed by atoms with van der Waals surface area (Å²) in [7, 11) is 1.62. The van der Waals surface area contributed by atoms with Crippen LogP contribution in [-0.4, -0.2) is 16.7 Å². The highest BCUT2D eigenvalue weighted by molar-refractivity contribution is 5.90. The van der Waals surface area contributed by atoms with E-state index < -0.39 is 11.7 Å². The Balaban J connectivity index is 1.61. The summed E-state index contributed by atoms with van der Waals surface area (Å²) in [5.41, 5.74) is 0.682. The molecule has 4 nitrogen and oxygen atoms in total. The molecule has 5 rings (SSSR count). The highest BCUT2D eigenvalue weighted by Gasteiger charge is 2.31. The molecule has 0 N–H and O–H groups in total. The molecule has 0 amide bonds. The Kier molecular flexibility index (Phi) is 4.36. The maximum Gasteiger partial charge on any atom is 0.416 e. The van der Waals surface area contributed by atoms with E-state index in [2.05, 4.69) is 4.98 Å². The number of ether oxygens (including phenoxy) is 1. The lowest BCUT2D eigenvalue weighted by molar-refractivity contribution is -0.137. The molecule has 31 heavy (non-hydrogen) atoms. The highest BCUT2D eigenvalue weighted by Crippen LogP contribution is 2.32. The summed E-state index contributed by atoms with van der Waals surface area (Å²) in [5.74, 6) is 1.20. The average Bonchev–Trinajstić information content (AvgIpc) is 3.15. The minimum Gasteiger partial charge on any atom is -0.497 e. The van der Waals surface area contributed by atoms with Crippen LogP contribution in [0, 0.1) is 0 Å². The van der Waals surface area contributed by atoms with Crippen LogP contribution >= 0.6 is 0 Å². The summed E-state index contributed by atoms with van der Waals surface area (Å²) in [6, 6.07) is 14.8. The molecule has 3 aromatic carbocycles. The van der Waals surface area contributed by atoms with E-state index in [0.717, 1.165) is 39.8 Å². The molecule has 0 fully saturated rings. The van der Waals surface area contributed by atoms with E-state index in [-0.39, 0.29) is 16.5 Å². The zero-order valence-electron chi connectivity index (χ0n) is 16.5. The third-order valence-corrected chi connectivity index (χ3v) is 5.59. The zero-order valence-corrected chi connectivity index (χ0v) is 16.5. The van der Waals surface area contributed by atoms with Crippen molar-refractivity contribution in [2.45, 2.75) is 19.1 Å². The van der Waals surface area contributed by atoms with Gasteiger partial charge in [-0.2, -0.15) is 13.2 Å². The maximum atomic E-state index is 13.1. The Bertz CT molecular complexity index is 1430. The summed E-state index contributed by atoms with van der Waals surface area (Å²) in [5, 5.41) is 2.26. The first-order valence-corrected chi connectivity index (χ1v) is 9.74. The standard InChI is InChI=1S/C24H17F3N2O2/c1-31-19-6-4-15-10-14(2-3-16(15)12-19)11-17-8-9-29-22(17)28-21-13-18(24(25,26)27)5-7-20(21)23(29)30/h2-7,10-13H,8-9H2,1H3/b17-11+. The Morgan fingerprint density at radius 1 is 1.03 bits per heavy atom. The van der Waals surface area contributed by atoms with Gasteiger partial charge in [0.25, 0.3) is 5.56 Å². The number of rotatable bonds is 2. The van der Waals surface area contributed by atoms with Crippen molar-refractivity contribution in [1.82, 2.24) is 9.55 Å². The van der Waals surface area contributed by atoms with Gasteiger partial charge < -0.3 is 4.74 Å². The van der Waals surface area contributed by atoms with E-state index in [1.165, 1.54) is 10.6 Å². The minimum absolute atomic E-state index is 0.0597. The molecule has 7 heteroatoms. The molecule has 0 atom stereocenters. The van der Waals surface area contributed by atoms with Gasteiger partial charge in [0.15, 0.2) is 0 Å². The lowest BCUT2D eigenvalue weighted by Gasteiger charge is -2.09. The maximum absolute atomic E-state index is 13.1. The lowest BCUT2D eigenvalue weighted by Crippen LogP contribution is -2.21. The van der Waals surface area contributed by atoms with Crippen molar-refractivity contribution in [1.29, 1.82) is 0 Å². The van der Waals surface area contributed by atoms with Crippen molar-refractivity contribution < 1.29 is 17.9 Å². The fraction of sp³-hybridized carbons (Fsp3) is 0.167. The summed E-state index contributed by atoms with van der Waals surface area (Å²) < 4.78 is 46.1. The van der Waals surface area contributed by atoms with E-state index in [1.54, 1.807) is 7.11 Å². The second-order valence-electron chi connectivity index (χ2n) is 7.51. The number of fused-ring (bicyclic) bond motifs is 3. The molecule has 0 saturated carbocycles. The van der Waals surface area contributed by atoms with Crippen molar-refractivity contribution in [3.63, 3.8) is 0 Å². The van der Waals surface area contributed by atoms with Crippen LogP contribution in [0.2, 0.25) is 0 Å². The SMILES string of the molecule is COc1ccc2cc(/C=C3\CCn4c3nc3cc(C(F)(F)F)ccc3c4=O)ccc2c1. The molecule has 0 saturated heterocycles. The normalized spacial score (nSPS) is 15.0. The van der Waals surface area contributed by atoms with Gasteiger partial charge in [0.05, 0.1) is 23.6 Å². The van der Waals surface area contributed by atoms with Crippen LogP contribution < -0.4 is 10.3 Å². The number of benzene rings is 3. The fourth-order valence-corrected chi connectivity index (χ4v) is 3.99. The van der Waals surface area contributed by atoms with Crippen molar-refractivity contribution in [3.05, 3.63) is 81.9 Å². The first kappa shape index (κ1) is 19.4. The van der Waals surface area contributed by atoms with Gasteiger partial charge in [-0.1, -0.05) is 18.2 Å². The van der Waals surface area contributed by atoms with E-state index >= 15 is 0 Å². The van der Waals surface area contributed by atoms with Crippen LogP contribution in [0.1, 0.15) is 23.4 Å². The van der Waals surface area contributed by atoms with Gasteiger partial charge in [0.2, 0.25) is 0 Å². The molecule has 0 bridgehead atoms. The number of methoxy groups -OCH3 is 1. The number of aromatic nitrogens is 2. The molecule has 1 aliphatic heterocycles. The van der Waals surface area contributed by atoms with Crippen molar-refractivity contribution in [3.8, 4) is 5.75 Å². The quantitative estimate of drug-likeness (QED) is 0.427. The van der Waals surface area contributed by atoms with Crippen LogP contribution in [0.15, 0.2) is 59.4 Å². The third-order valence-electron chi connectivity index (χ3n) is 5.59. The van der Waals surface area contributed by atoms with E-state index in [0.29, 0.717) is 18.8 Å². The summed E-state index contributed by atoms with van der Waals surface area (Å²) >= 11 is 0. The van der Waals surface area contributed by atoms with Gasteiger partial charge in [-0.3, -0.25) is 9.36 Å². The van der Waals surface area contributed by atoms with Crippen LogP contribution in [0.25, 0.3) is 33.3 Å². The van der Waals surface area contributed by atoms with Crippen LogP contribution in [0.3, 0.4) is 0 Å². The van der Waals surface area contributed by atoms with Gasteiger partial charge in [0, 0.05) is 6.54 Å². The molecule has 156 valence electrons. The van der Waals surface area contributed by atoms with Crippen LogP contribution in [0.5, 0.6) is 5.75 Å². The van der Waals surface area contributed by atoms with Gasteiger partial charge in [-0.25, -0.2) is 4.98 Å². The zero-order chi connectivity index (χ0) is 21.8. The molecule has 0 radical (unpaired) electrons. The Hall–Kier alpha value is -3.61. The Labute approximate surface area is 175 Å². The molecule has 4 aromatic rings. The first-order valence-electron chi connectivity index (χ1n) is 9.74. The third kappa shape index (κ3) is 3.36. The molecule has 0 unspecified atom stereocenters. The summed E-state index contributed by atoms with van der Waals surface area (Å²) in [4.78, 5) is 17.2. The van der Waals surface area contributed by atoms with Crippen molar-refractivity contribution in [2.24, 2.45) is 0 Å². The smallest absolute Gasteiger partial charge is 0.416 e. The number of nitrogens with zero attached hydrogens (tertiary/aromatic N) is 2. The van der Waals surface area contributed by atoms with Gasteiger partial charge in [-0.15, -0.1) is 0 Å². The van der Waals surface area contributed by atoms with Gasteiger partial charge >= 0.3 is 6.18 Å². The number of hydrogen-bond acceptors (Lipinski definition) is 3. The molecule has 2 heterocycles. The second-order valence-corrected chi connectivity index (χ2v) is 7.51. The summed E-state index contributed by atoms with van der Waals surface area (Å²) in [6.45, 7) is 0.453. The predicted octanol–water partition coefficient (Wildman–Crippen LogP) is 5.52. The fourth-order valence-electron chi connectivity index (χ4n) is 3.99. The van der Waals surface area contributed by atoms with Gasteiger partial charge in [0.1, 0.15) is 11.6 Å². The number of alkyl halides is 3. The average molecular weight is 422 g/mol. The molecular weight excluding hydrogens is 405 g/mol. The van der Waals surface area contributed by atoms with E-state index in [9.17, 15) is 18.0 Å². The predicted molar refractivity (Wildman–Crippen MR) is 114 cm³/mol. The van der Waals surface area contributed by atoms with E-state index in [4.69, 9.17) is 4.74 Å². The Morgan fingerprint density at radius 3 is 2.58 bits per heavy atom. The van der Waals surface area contributed by atoms with E-state index in [1.807, 2.05) is 42.5 Å². The van der Waals surface area contributed by atoms with Crippen LogP contribution in [0.4, 0.5) is 13.2 Å².